The summed E-state index contributed by atoms with van der Waals surface area (Å²) in [6, 6.07) is 14.8. The number of ether oxygens (including phenoxy) is 1. The standard InChI is InChI=1S/C35H41N5O2/c1-24-17-29(18-25(2)33(24)23-39-11-9-38(10-12-39)22-26-3-4-26)30-19-31-32(21-37-34(31)36-20-30)27-5-7-28(8-6-27)35(41)40-13-15-42-16-14-40/h5-8,17-21,26H,3-4,9-16,22-23H2,1-2H3,(H,36,37). The van der Waals surface area contributed by atoms with Gasteiger partial charge >= 0.3 is 0 Å². The van der Waals surface area contributed by atoms with Gasteiger partial charge in [0.25, 0.3) is 5.91 Å². The number of amides is 1. The van der Waals surface area contributed by atoms with Gasteiger partial charge in [-0.25, -0.2) is 4.98 Å². The number of nitrogens with one attached hydrogen (secondary N) is 1. The fourth-order valence-electron chi connectivity index (χ4n) is 6.57. The zero-order valence-corrected chi connectivity index (χ0v) is 24.9. The van der Waals surface area contributed by atoms with Crippen LogP contribution in [0.2, 0.25) is 0 Å². The third-order valence-electron chi connectivity index (χ3n) is 9.36. The van der Waals surface area contributed by atoms with Crippen LogP contribution in [0, 0.1) is 19.8 Å². The number of aryl methyl sites for hydroxylation is 2. The number of morpholine rings is 1. The van der Waals surface area contributed by atoms with Crippen LogP contribution in [0.25, 0.3) is 33.3 Å². The van der Waals surface area contributed by atoms with Gasteiger partial charge in [0.2, 0.25) is 0 Å². The maximum absolute atomic E-state index is 12.9. The predicted octanol–water partition coefficient (Wildman–Crippen LogP) is 5.51. The summed E-state index contributed by atoms with van der Waals surface area (Å²) in [5, 5.41) is 1.09. The molecule has 3 fully saturated rings. The molecule has 7 rings (SSSR count). The van der Waals surface area contributed by atoms with Gasteiger partial charge in [-0.2, -0.15) is 0 Å². The van der Waals surface area contributed by atoms with E-state index in [1.165, 1.54) is 54.7 Å². The van der Waals surface area contributed by atoms with Crippen molar-refractivity contribution in [1.82, 2.24) is 24.7 Å². The number of aromatic nitrogens is 2. The molecule has 7 heteroatoms. The van der Waals surface area contributed by atoms with E-state index in [2.05, 4.69) is 46.8 Å². The number of piperazine rings is 1. The van der Waals surface area contributed by atoms with Crippen LogP contribution in [0.3, 0.4) is 0 Å². The van der Waals surface area contributed by atoms with Gasteiger partial charge < -0.3 is 19.5 Å². The number of benzene rings is 2. The van der Waals surface area contributed by atoms with Gasteiger partial charge in [-0.1, -0.05) is 24.3 Å². The van der Waals surface area contributed by atoms with E-state index in [-0.39, 0.29) is 5.91 Å². The number of pyridine rings is 1. The summed E-state index contributed by atoms with van der Waals surface area (Å²) in [4.78, 5) is 28.2. The molecule has 2 aliphatic heterocycles. The van der Waals surface area contributed by atoms with Crippen LogP contribution in [0.1, 0.15) is 39.9 Å². The molecular weight excluding hydrogens is 522 g/mol. The number of nitrogens with zero attached hydrogens (tertiary/aromatic N) is 4. The first kappa shape index (κ1) is 27.3. The van der Waals surface area contributed by atoms with Crippen LogP contribution in [0.4, 0.5) is 0 Å². The highest BCUT2D eigenvalue weighted by Gasteiger charge is 2.26. The fraction of sp³-hybridized carbons (Fsp3) is 0.429. The number of hydrogen-bond donors (Lipinski definition) is 1. The Labute approximate surface area is 248 Å². The Morgan fingerprint density at radius 3 is 2.26 bits per heavy atom. The van der Waals surface area contributed by atoms with Gasteiger partial charge in [0.1, 0.15) is 5.65 Å². The summed E-state index contributed by atoms with van der Waals surface area (Å²) in [5.74, 6) is 1.04. The highest BCUT2D eigenvalue weighted by molar-refractivity contribution is 5.98. The predicted molar refractivity (Wildman–Crippen MR) is 168 cm³/mol. The van der Waals surface area contributed by atoms with Crippen LogP contribution in [0.15, 0.2) is 54.9 Å². The second-order valence-corrected chi connectivity index (χ2v) is 12.4. The number of aromatic amines is 1. The SMILES string of the molecule is Cc1cc(-c2cnc3[nH]cc(-c4ccc(C(=O)N5CCOCC5)cc4)c3c2)cc(C)c1CN1CCN(CC2CC2)CC1. The molecule has 1 amide bonds. The maximum atomic E-state index is 12.9. The van der Waals surface area contributed by atoms with Crippen molar-refractivity contribution in [3.63, 3.8) is 0 Å². The minimum Gasteiger partial charge on any atom is -0.378 e. The van der Waals surface area contributed by atoms with Gasteiger partial charge in [0.05, 0.1) is 13.2 Å². The normalized spacial score (nSPS) is 18.6. The van der Waals surface area contributed by atoms with E-state index in [4.69, 9.17) is 9.72 Å². The fourth-order valence-corrected chi connectivity index (χ4v) is 6.57. The minimum atomic E-state index is 0.0674. The second-order valence-electron chi connectivity index (χ2n) is 12.4. The molecule has 0 radical (unpaired) electrons. The number of hydrogen-bond acceptors (Lipinski definition) is 5. The molecule has 4 heterocycles. The maximum Gasteiger partial charge on any atom is 0.254 e. The van der Waals surface area contributed by atoms with Crippen LogP contribution in [0.5, 0.6) is 0 Å². The quantitative estimate of drug-likeness (QED) is 0.321. The number of carbonyl (C=O) groups is 1. The zero-order valence-electron chi connectivity index (χ0n) is 24.9. The lowest BCUT2D eigenvalue weighted by Crippen LogP contribution is -2.46. The van der Waals surface area contributed by atoms with E-state index < -0.39 is 0 Å². The van der Waals surface area contributed by atoms with Crippen LogP contribution < -0.4 is 0 Å². The van der Waals surface area contributed by atoms with Crippen LogP contribution in [-0.2, 0) is 11.3 Å². The molecule has 0 spiro atoms. The summed E-state index contributed by atoms with van der Waals surface area (Å²) in [6.07, 6.45) is 6.86. The number of H-pyrrole nitrogens is 1. The zero-order chi connectivity index (χ0) is 28.6. The summed E-state index contributed by atoms with van der Waals surface area (Å²) < 4.78 is 5.39. The molecule has 1 saturated carbocycles. The van der Waals surface area contributed by atoms with Crippen LogP contribution in [-0.4, -0.2) is 89.6 Å². The van der Waals surface area contributed by atoms with Crippen molar-refractivity contribution in [2.24, 2.45) is 5.92 Å². The topological polar surface area (TPSA) is 64.7 Å². The van der Waals surface area contributed by atoms with Crippen molar-refractivity contribution >= 4 is 16.9 Å². The number of rotatable bonds is 7. The summed E-state index contributed by atoms with van der Waals surface area (Å²) >= 11 is 0. The summed E-state index contributed by atoms with van der Waals surface area (Å²) in [6.45, 7) is 14.1. The van der Waals surface area contributed by atoms with Gasteiger partial charge in [-0.3, -0.25) is 9.69 Å². The van der Waals surface area contributed by atoms with E-state index in [0.717, 1.165) is 53.3 Å². The van der Waals surface area contributed by atoms with E-state index in [0.29, 0.717) is 31.9 Å². The van der Waals surface area contributed by atoms with E-state index >= 15 is 0 Å². The van der Waals surface area contributed by atoms with E-state index in [1.54, 1.807) is 0 Å². The Bertz CT molecular complexity index is 1550. The summed E-state index contributed by atoms with van der Waals surface area (Å²) in [7, 11) is 0. The first-order valence-electron chi connectivity index (χ1n) is 15.5. The molecule has 0 unspecified atom stereocenters. The van der Waals surface area contributed by atoms with Crippen molar-refractivity contribution in [3.8, 4) is 22.3 Å². The second kappa shape index (κ2) is 11.6. The molecule has 4 aromatic rings. The Kier molecular flexibility index (Phi) is 7.57. The lowest BCUT2D eigenvalue weighted by molar-refractivity contribution is 0.0303. The monoisotopic (exact) mass is 563 g/mol. The third kappa shape index (κ3) is 5.74. The minimum absolute atomic E-state index is 0.0674. The molecule has 2 aromatic heterocycles. The lowest BCUT2D eigenvalue weighted by atomic mass is 9.95. The highest BCUT2D eigenvalue weighted by Crippen LogP contribution is 2.33. The Morgan fingerprint density at radius 1 is 0.881 bits per heavy atom. The number of carbonyl (C=O) groups excluding carboxylic acids is 1. The first-order chi connectivity index (χ1) is 20.5. The molecule has 1 N–H and O–H groups in total. The smallest absolute Gasteiger partial charge is 0.254 e. The van der Waals surface area contributed by atoms with Gasteiger partial charge in [-0.15, -0.1) is 0 Å². The lowest BCUT2D eigenvalue weighted by Gasteiger charge is -2.35. The van der Waals surface area contributed by atoms with Crippen molar-refractivity contribution in [2.45, 2.75) is 33.2 Å². The van der Waals surface area contributed by atoms with E-state index in [1.807, 2.05) is 41.6 Å². The largest absolute Gasteiger partial charge is 0.378 e. The van der Waals surface area contributed by atoms with Crippen molar-refractivity contribution in [1.29, 1.82) is 0 Å². The molecule has 3 aliphatic rings. The molecule has 2 aromatic carbocycles. The Hall–Kier alpha value is -3.52. The van der Waals surface area contributed by atoms with Gasteiger partial charge in [0, 0.05) is 86.8 Å². The van der Waals surface area contributed by atoms with Crippen molar-refractivity contribution in [2.75, 3.05) is 59.0 Å². The van der Waals surface area contributed by atoms with E-state index in [9.17, 15) is 4.79 Å². The number of fused-ring (bicyclic) bond motifs is 1. The molecule has 1 aliphatic carbocycles. The highest BCUT2D eigenvalue weighted by atomic mass is 16.5. The molecule has 0 atom stereocenters. The molecule has 218 valence electrons. The molecule has 0 bridgehead atoms. The van der Waals surface area contributed by atoms with Crippen molar-refractivity contribution < 1.29 is 9.53 Å². The Morgan fingerprint density at radius 2 is 1.57 bits per heavy atom. The molecule has 42 heavy (non-hydrogen) atoms. The Balaban J connectivity index is 1.08. The van der Waals surface area contributed by atoms with Gasteiger partial charge in [-0.05, 0) is 78.6 Å². The third-order valence-corrected chi connectivity index (χ3v) is 9.36. The molecule has 7 nitrogen and oxygen atoms in total. The first-order valence-corrected chi connectivity index (χ1v) is 15.5. The molecule has 2 saturated heterocycles. The average Bonchev–Trinajstić information content (AvgIpc) is 3.74. The average molecular weight is 564 g/mol. The van der Waals surface area contributed by atoms with Crippen molar-refractivity contribution in [3.05, 3.63) is 77.1 Å². The molecular formula is C35H41N5O2. The van der Waals surface area contributed by atoms with Gasteiger partial charge in [0.15, 0.2) is 0 Å². The summed E-state index contributed by atoms with van der Waals surface area (Å²) in [5.41, 5.74) is 10.2. The van der Waals surface area contributed by atoms with Crippen LogP contribution >= 0.6 is 0 Å².